The molecule has 2 rings (SSSR count). The van der Waals surface area contributed by atoms with Crippen LogP contribution >= 0.6 is 0 Å². The van der Waals surface area contributed by atoms with Crippen molar-refractivity contribution in [2.45, 2.75) is 65.2 Å². The van der Waals surface area contributed by atoms with E-state index in [9.17, 15) is 14.4 Å². The number of benzene rings is 1. The number of nitrogens with one attached hydrogen (secondary N) is 1. The highest BCUT2D eigenvalue weighted by Crippen LogP contribution is 2.22. The van der Waals surface area contributed by atoms with Gasteiger partial charge < -0.3 is 14.8 Å². The monoisotopic (exact) mass is 376 g/mol. The van der Waals surface area contributed by atoms with Crippen molar-refractivity contribution in [3.05, 3.63) is 29.8 Å². The lowest BCUT2D eigenvalue weighted by atomic mass is 10.2. The predicted molar refractivity (Wildman–Crippen MR) is 101 cm³/mol. The second-order valence-corrected chi connectivity index (χ2v) is 7.77. The largest absolute Gasteiger partial charge is 0.451 e. The van der Waals surface area contributed by atoms with Crippen LogP contribution in [0.2, 0.25) is 0 Å². The lowest BCUT2D eigenvalue weighted by Gasteiger charge is -2.28. The number of hydrogen-bond acceptors (Lipinski definition) is 5. The van der Waals surface area contributed by atoms with E-state index in [0.29, 0.717) is 25.1 Å². The minimum absolute atomic E-state index is 0.422. The van der Waals surface area contributed by atoms with E-state index < -0.39 is 35.7 Å². The number of likely N-dealkylation sites (tertiary alicyclic amines) is 1. The SMILES string of the molecule is Cc1ccc(NC(=O)[C@H](C)OC(=O)[C@@H]2CCCN2C(=O)OC(C)(C)C)cc1. The van der Waals surface area contributed by atoms with Crippen molar-refractivity contribution < 1.29 is 23.9 Å². The van der Waals surface area contributed by atoms with Crippen LogP contribution in [-0.2, 0) is 19.1 Å². The molecule has 1 fully saturated rings. The molecule has 0 aromatic heterocycles. The zero-order valence-electron chi connectivity index (χ0n) is 16.6. The minimum atomic E-state index is -0.972. The van der Waals surface area contributed by atoms with Gasteiger partial charge in [0.25, 0.3) is 5.91 Å². The second kappa shape index (κ2) is 8.41. The molecule has 1 aromatic rings. The summed E-state index contributed by atoms with van der Waals surface area (Å²) in [6.45, 7) is 9.20. The minimum Gasteiger partial charge on any atom is -0.451 e. The Morgan fingerprint density at radius 3 is 2.41 bits per heavy atom. The van der Waals surface area contributed by atoms with Crippen LogP contribution in [0.25, 0.3) is 0 Å². The zero-order chi connectivity index (χ0) is 20.2. The Kier molecular flexibility index (Phi) is 6.46. The van der Waals surface area contributed by atoms with Gasteiger partial charge in [0.2, 0.25) is 0 Å². The number of carbonyl (C=O) groups is 3. The molecule has 148 valence electrons. The van der Waals surface area contributed by atoms with Crippen molar-refractivity contribution in [1.29, 1.82) is 0 Å². The number of rotatable bonds is 4. The molecular weight excluding hydrogens is 348 g/mol. The Balaban J connectivity index is 1.93. The smallest absolute Gasteiger partial charge is 0.411 e. The van der Waals surface area contributed by atoms with Crippen molar-refractivity contribution in [3.63, 3.8) is 0 Å². The third-order valence-electron chi connectivity index (χ3n) is 4.13. The van der Waals surface area contributed by atoms with Gasteiger partial charge in [-0.25, -0.2) is 9.59 Å². The summed E-state index contributed by atoms with van der Waals surface area (Å²) in [7, 11) is 0. The summed E-state index contributed by atoms with van der Waals surface area (Å²) in [5.41, 5.74) is 1.07. The molecule has 0 radical (unpaired) electrons. The second-order valence-electron chi connectivity index (χ2n) is 7.77. The maximum atomic E-state index is 12.5. The van der Waals surface area contributed by atoms with Crippen LogP contribution in [-0.4, -0.2) is 47.2 Å². The van der Waals surface area contributed by atoms with Gasteiger partial charge >= 0.3 is 12.1 Å². The van der Waals surface area contributed by atoms with Gasteiger partial charge in [0.15, 0.2) is 6.10 Å². The molecule has 1 aliphatic heterocycles. The molecule has 1 aromatic carbocycles. The topological polar surface area (TPSA) is 84.9 Å². The van der Waals surface area contributed by atoms with Crippen LogP contribution in [0.1, 0.15) is 46.1 Å². The highest BCUT2D eigenvalue weighted by molar-refractivity contribution is 5.95. The molecule has 1 aliphatic rings. The van der Waals surface area contributed by atoms with Crippen LogP contribution in [0.5, 0.6) is 0 Å². The van der Waals surface area contributed by atoms with Gasteiger partial charge in [-0.15, -0.1) is 0 Å². The van der Waals surface area contributed by atoms with E-state index in [1.165, 1.54) is 11.8 Å². The standard InChI is InChI=1S/C20H28N2O5/c1-13-8-10-15(11-9-13)21-17(23)14(2)26-18(24)16-7-6-12-22(16)19(25)27-20(3,4)5/h8-11,14,16H,6-7,12H2,1-5H3,(H,21,23)/t14-,16-/m0/s1. The Morgan fingerprint density at radius 2 is 1.81 bits per heavy atom. The average Bonchev–Trinajstić information content (AvgIpc) is 3.05. The van der Waals surface area contributed by atoms with E-state index in [1.807, 2.05) is 19.1 Å². The third-order valence-corrected chi connectivity index (χ3v) is 4.13. The van der Waals surface area contributed by atoms with Crippen molar-refractivity contribution in [2.24, 2.45) is 0 Å². The maximum Gasteiger partial charge on any atom is 0.411 e. The number of nitrogens with zero attached hydrogens (tertiary/aromatic N) is 1. The van der Waals surface area contributed by atoms with E-state index in [2.05, 4.69) is 5.32 Å². The number of hydrogen-bond donors (Lipinski definition) is 1. The summed E-state index contributed by atoms with van der Waals surface area (Å²) < 4.78 is 10.6. The van der Waals surface area contributed by atoms with E-state index in [4.69, 9.17) is 9.47 Å². The first-order valence-electron chi connectivity index (χ1n) is 9.14. The van der Waals surface area contributed by atoms with Crippen molar-refractivity contribution >= 4 is 23.7 Å². The van der Waals surface area contributed by atoms with Crippen LogP contribution in [0.4, 0.5) is 10.5 Å². The van der Waals surface area contributed by atoms with Crippen LogP contribution in [0, 0.1) is 6.92 Å². The molecule has 2 amide bonds. The van der Waals surface area contributed by atoms with Crippen molar-refractivity contribution in [2.75, 3.05) is 11.9 Å². The molecule has 27 heavy (non-hydrogen) atoms. The van der Waals surface area contributed by atoms with Gasteiger partial charge in [0, 0.05) is 12.2 Å². The fraction of sp³-hybridized carbons (Fsp3) is 0.550. The summed E-state index contributed by atoms with van der Waals surface area (Å²) in [6.07, 6.45) is -0.341. The van der Waals surface area contributed by atoms with Gasteiger partial charge in [-0.1, -0.05) is 17.7 Å². The molecular formula is C20H28N2O5. The number of amides is 2. The first-order valence-corrected chi connectivity index (χ1v) is 9.14. The van der Waals surface area contributed by atoms with Gasteiger partial charge in [-0.2, -0.15) is 0 Å². The summed E-state index contributed by atoms with van der Waals surface area (Å²) in [5.74, 6) is -1.01. The van der Waals surface area contributed by atoms with E-state index in [0.717, 1.165) is 5.56 Å². The number of anilines is 1. The van der Waals surface area contributed by atoms with Crippen LogP contribution in [0.15, 0.2) is 24.3 Å². The normalized spacial score (nSPS) is 18.0. The highest BCUT2D eigenvalue weighted by Gasteiger charge is 2.38. The Labute approximate surface area is 160 Å². The number of esters is 1. The predicted octanol–water partition coefficient (Wildman–Crippen LogP) is 3.26. The van der Waals surface area contributed by atoms with E-state index in [-0.39, 0.29) is 0 Å². The zero-order valence-corrected chi connectivity index (χ0v) is 16.6. The Hall–Kier alpha value is -2.57. The van der Waals surface area contributed by atoms with E-state index in [1.54, 1.807) is 32.9 Å². The van der Waals surface area contributed by atoms with Crippen LogP contribution < -0.4 is 5.32 Å². The number of aryl methyl sites for hydroxylation is 1. The summed E-state index contributed by atoms with van der Waals surface area (Å²) in [4.78, 5) is 38.4. The van der Waals surface area contributed by atoms with Crippen LogP contribution in [0.3, 0.4) is 0 Å². The first kappa shape index (κ1) is 20.7. The van der Waals surface area contributed by atoms with Gasteiger partial charge in [-0.3, -0.25) is 9.69 Å². The average molecular weight is 376 g/mol. The molecule has 0 bridgehead atoms. The lowest BCUT2D eigenvalue weighted by Crippen LogP contribution is -2.45. The van der Waals surface area contributed by atoms with Gasteiger partial charge in [-0.05, 0) is 59.6 Å². The Morgan fingerprint density at radius 1 is 1.19 bits per heavy atom. The molecule has 2 atom stereocenters. The number of ether oxygens (including phenoxy) is 2. The van der Waals surface area contributed by atoms with E-state index >= 15 is 0 Å². The summed E-state index contributed by atoms with van der Waals surface area (Å²) in [5, 5.41) is 2.71. The highest BCUT2D eigenvalue weighted by atomic mass is 16.6. The molecule has 1 N–H and O–H groups in total. The molecule has 0 unspecified atom stereocenters. The van der Waals surface area contributed by atoms with Gasteiger partial charge in [0.05, 0.1) is 0 Å². The molecule has 1 saturated heterocycles. The third kappa shape index (κ3) is 5.98. The lowest BCUT2D eigenvalue weighted by molar-refractivity contribution is -0.157. The molecule has 0 saturated carbocycles. The Bertz CT molecular complexity index is 693. The maximum absolute atomic E-state index is 12.5. The quantitative estimate of drug-likeness (QED) is 0.815. The molecule has 7 nitrogen and oxygen atoms in total. The fourth-order valence-corrected chi connectivity index (χ4v) is 2.74. The summed E-state index contributed by atoms with van der Waals surface area (Å²) >= 11 is 0. The van der Waals surface area contributed by atoms with Crippen molar-refractivity contribution in [3.8, 4) is 0 Å². The molecule has 0 spiro atoms. The fourth-order valence-electron chi connectivity index (χ4n) is 2.74. The molecule has 7 heteroatoms. The van der Waals surface area contributed by atoms with Gasteiger partial charge in [0.1, 0.15) is 11.6 Å². The summed E-state index contributed by atoms with van der Waals surface area (Å²) in [6, 6.07) is 6.59. The molecule has 0 aliphatic carbocycles. The van der Waals surface area contributed by atoms with Crippen molar-refractivity contribution in [1.82, 2.24) is 4.90 Å². The first-order chi connectivity index (χ1) is 12.6. The number of carbonyl (C=O) groups excluding carboxylic acids is 3. The molecule has 1 heterocycles.